The first-order valence-electron chi connectivity index (χ1n) is 24.5. The van der Waals surface area contributed by atoms with E-state index in [0.717, 1.165) is 32.6 Å². The van der Waals surface area contributed by atoms with Gasteiger partial charge in [-0.15, -0.1) is 20.5 Å². The summed E-state index contributed by atoms with van der Waals surface area (Å²) in [6.07, 6.45) is 0. The van der Waals surface area contributed by atoms with Crippen LogP contribution in [-0.4, -0.2) is 57.8 Å². The van der Waals surface area contributed by atoms with Crippen LogP contribution in [0.15, 0.2) is 190 Å². The Morgan fingerprint density at radius 3 is 1.28 bits per heavy atom. The zero-order valence-electron chi connectivity index (χ0n) is 41.3. The van der Waals surface area contributed by atoms with Crippen LogP contribution >= 0.6 is 0 Å². The molecule has 16 nitrogen and oxygen atoms in total. The summed E-state index contributed by atoms with van der Waals surface area (Å²) in [6, 6.07) is 48.8. The first-order valence-corrected chi connectivity index (χ1v) is 24.5. The number of ketones is 2. The molecule has 10 aromatic carbocycles. The molecule has 376 valence electrons. The lowest BCUT2D eigenvalue weighted by Crippen LogP contribution is -2.21. The standard InChI is InChI=1S/C62H40N8O8/c1-77-35-23-19-33(20-24-35)63-61(75)43-29-31-17-27-39-37-9-3-5-13-45(37)65-53(39)49(31)55(59(43)73)69-67-47-15-7-11-41-51(47)57(71)42-12-8-16-48(52(42)58(41)72)68-70-56-50-32(18-28-40-38-10-4-6-14-46(38)66-54(40)50)30-44(60(56)74)62(76)64-34-21-25-36(78-2)26-22-34/h3-30,65-66,73-74H,1-2H3,(H,63,75)(H,64,76). The van der Waals surface area contributed by atoms with Crippen LogP contribution in [0.25, 0.3) is 65.2 Å². The predicted octanol–water partition coefficient (Wildman–Crippen LogP) is 14.8. The number of aromatic hydroxyl groups is 2. The molecule has 1 aliphatic rings. The van der Waals surface area contributed by atoms with Crippen LogP contribution in [0, 0.1) is 0 Å². The van der Waals surface area contributed by atoms with Crippen LogP contribution < -0.4 is 20.1 Å². The molecule has 0 radical (unpaired) electrons. The van der Waals surface area contributed by atoms with Gasteiger partial charge in [0.05, 0.1) is 58.9 Å². The number of ether oxygens (including phenoxy) is 2. The number of phenols is 2. The molecule has 13 rings (SSSR count). The van der Waals surface area contributed by atoms with Gasteiger partial charge in [0.1, 0.15) is 22.9 Å². The number of nitrogens with one attached hydrogen (secondary N) is 4. The van der Waals surface area contributed by atoms with Crippen molar-refractivity contribution in [2.24, 2.45) is 20.5 Å². The van der Waals surface area contributed by atoms with Crippen molar-refractivity contribution in [1.82, 2.24) is 9.97 Å². The summed E-state index contributed by atoms with van der Waals surface area (Å²) in [7, 11) is 3.08. The zero-order valence-corrected chi connectivity index (χ0v) is 41.3. The Bertz CT molecular complexity index is 4340. The predicted molar refractivity (Wildman–Crippen MR) is 300 cm³/mol. The molecular formula is C62H40N8O8. The highest BCUT2D eigenvalue weighted by Gasteiger charge is 2.34. The molecule has 0 bridgehead atoms. The number of hydrogen-bond acceptors (Lipinski definition) is 12. The van der Waals surface area contributed by atoms with Gasteiger partial charge in [-0.25, -0.2) is 0 Å². The number of amides is 2. The van der Waals surface area contributed by atoms with E-state index in [1.165, 1.54) is 38.5 Å². The average molecular weight is 1030 g/mol. The topological polar surface area (TPSA) is 232 Å². The summed E-state index contributed by atoms with van der Waals surface area (Å²) in [4.78, 5) is 64.6. The Balaban J connectivity index is 0.905. The lowest BCUT2D eigenvalue weighted by molar-refractivity contribution is 0.0980. The van der Waals surface area contributed by atoms with Gasteiger partial charge in [0.15, 0.2) is 23.1 Å². The molecule has 6 N–H and O–H groups in total. The molecule has 0 saturated heterocycles. The normalized spacial score (nSPS) is 12.4. The molecule has 16 heteroatoms. The molecule has 0 saturated carbocycles. The minimum atomic E-state index is -0.618. The highest BCUT2D eigenvalue weighted by atomic mass is 16.5. The summed E-state index contributed by atoms with van der Waals surface area (Å²) < 4.78 is 10.5. The molecule has 0 atom stereocenters. The van der Waals surface area contributed by atoms with Crippen molar-refractivity contribution in [3.63, 3.8) is 0 Å². The maximum atomic E-state index is 14.9. The van der Waals surface area contributed by atoms with E-state index in [4.69, 9.17) is 9.47 Å². The number of aromatic amines is 2. The van der Waals surface area contributed by atoms with Crippen LogP contribution in [-0.2, 0) is 0 Å². The number of carbonyl (C=O) groups is 4. The van der Waals surface area contributed by atoms with Crippen molar-refractivity contribution < 1.29 is 38.9 Å². The second-order valence-corrected chi connectivity index (χ2v) is 18.6. The maximum Gasteiger partial charge on any atom is 0.259 e. The average Bonchev–Trinajstić information content (AvgIpc) is 4.24. The number of H-pyrrole nitrogens is 2. The summed E-state index contributed by atoms with van der Waals surface area (Å²) in [5.74, 6) is -2.10. The fourth-order valence-corrected chi connectivity index (χ4v) is 10.4. The van der Waals surface area contributed by atoms with Crippen LogP contribution in [0.5, 0.6) is 23.0 Å². The van der Waals surface area contributed by atoms with E-state index in [1.807, 2.05) is 72.8 Å². The highest BCUT2D eigenvalue weighted by Crippen LogP contribution is 2.47. The Morgan fingerprint density at radius 1 is 0.462 bits per heavy atom. The van der Waals surface area contributed by atoms with Gasteiger partial charge >= 0.3 is 0 Å². The number of methoxy groups -OCH3 is 2. The third kappa shape index (κ3) is 7.61. The van der Waals surface area contributed by atoms with Crippen molar-refractivity contribution in [3.05, 3.63) is 203 Å². The van der Waals surface area contributed by atoms with Crippen molar-refractivity contribution in [2.75, 3.05) is 24.9 Å². The summed E-state index contributed by atoms with van der Waals surface area (Å²) in [5, 5.41) is 53.9. The number of fused-ring (bicyclic) bond motifs is 12. The van der Waals surface area contributed by atoms with Crippen molar-refractivity contribution in [1.29, 1.82) is 0 Å². The Morgan fingerprint density at radius 2 is 0.872 bits per heavy atom. The molecule has 0 fully saturated rings. The maximum absolute atomic E-state index is 14.9. The molecule has 2 aromatic heterocycles. The number of rotatable bonds is 10. The van der Waals surface area contributed by atoms with Crippen molar-refractivity contribution >= 4 is 123 Å². The first kappa shape index (κ1) is 46.8. The van der Waals surface area contributed by atoms with Crippen molar-refractivity contribution in [2.45, 2.75) is 0 Å². The fourth-order valence-electron chi connectivity index (χ4n) is 10.4. The van der Waals surface area contributed by atoms with Gasteiger partial charge in [0, 0.05) is 65.9 Å². The number of anilines is 2. The van der Waals surface area contributed by atoms with Gasteiger partial charge in [-0.05, 0) is 95.7 Å². The van der Waals surface area contributed by atoms with E-state index in [9.17, 15) is 29.4 Å². The van der Waals surface area contributed by atoms with E-state index in [2.05, 4.69) is 41.1 Å². The molecule has 12 aromatic rings. The Kier molecular flexibility index (Phi) is 11.1. The number of para-hydroxylation sites is 2. The van der Waals surface area contributed by atoms with Crippen molar-refractivity contribution in [3.8, 4) is 23.0 Å². The number of benzene rings is 10. The third-order valence-corrected chi connectivity index (χ3v) is 14.2. The van der Waals surface area contributed by atoms with Crippen LogP contribution in [0.4, 0.5) is 34.1 Å². The van der Waals surface area contributed by atoms with E-state index >= 15 is 0 Å². The van der Waals surface area contributed by atoms with E-state index < -0.39 is 34.9 Å². The van der Waals surface area contributed by atoms with Crippen LogP contribution in [0.2, 0.25) is 0 Å². The first-order chi connectivity index (χ1) is 38.1. The van der Waals surface area contributed by atoms with Gasteiger partial charge in [-0.3, -0.25) is 19.2 Å². The largest absolute Gasteiger partial charge is 0.505 e. The monoisotopic (exact) mass is 1020 g/mol. The number of azo groups is 2. The summed E-state index contributed by atoms with van der Waals surface area (Å²) >= 11 is 0. The van der Waals surface area contributed by atoms with E-state index in [-0.39, 0.29) is 56.1 Å². The smallest absolute Gasteiger partial charge is 0.259 e. The van der Waals surface area contributed by atoms with E-state index in [1.54, 1.807) is 72.8 Å². The molecule has 0 aliphatic heterocycles. The fraction of sp³-hybridized carbons (Fsp3) is 0.0323. The molecule has 1 aliphatic carbocycles. The highest BCUT2D eigenvalue weighted by molar-refractivity contribution is 6.32. The second-order valence-electron chi connectivity index (χ2n) is 18.6. The summed E-state index contributed by atoms with van der Waals surface area (Å²) in [6.45, 7) is 0. The number of carbonyl (C=O) groups excluding carboxylic acids is 4. The van der Waals surface area contributed by atoms with Crippen LogP contribution in [0.3, 0.4) is 0 Å². The number of phenolic OH excluding ortho intramolecular Hbond substituents is 2. The molecular weight excluding hydrogens is 985 g/mol. The molecule has 0 unspecified atom stereocenters. The minimum absolute atomic E-state index is 0.0107. The molecule has 2 heterocycles. The lowest BCUT2D eigenvalue weighted by Gasteiger charge is -2.19. The van der Waals surface area contributed by atoms with Gasteiger partial charge in [-0.1, -0.05) is 84.9 Å². The van der Waals surface area contributed by atoms with Gasteiger partial charge < -0.3 is 40.3 Å². The Labute approximate surface area is 441 Å². The SMILES string of the molecule is COc1ccc(NC(=O)c2cc3ccc4c5ccccc5[nH]c4c3c(N=Nc3cccc4c3C(=O)c3cccc(N=Nc5c(O)c(C(=O)Nc6ccc(OC)cc6)cc6ccc7c8ccccc8[nH]c7c56)c3C4=O)c2O)cc1. The number of hydrogen-bond donors (Lipinski definition) is 6. The molecule has 0 spiro atoms. The van der Waals surface area contributed by atoms with Crippen LogP contribution in [0.1, 0.15) is 52.6 Å². The number of aromatic nitrogens is 2. The van der Waals surface area contributed by atoms with E-state index in [0.29, 0.717) is 55.5 Å². The Hall–Kier alpha value is -11.0. The molecule has 2 amide bonds. The third-order valence-electron chi connectivity index (χ3n) is 14.2. The number of nitrogens with zero attached hydrogens (tertiary/aromatic N) is 4. The zero-order chi connectivity index (χ0) is 53.3. The summed E-state index contributed by atoms with van der Waals surface area (Å²) in [5.41, 5.74) is 3.55. The van der Waals surface area contributed by atoms with Gasteiger partial charge in [0.2, 0.25) is 0 Å². The minimum Gasteiger partial charge on any atom is -0.505 e. The van der Waals surface area contributed by atoms with Gasteiger partial charge in [-0.2, -0.15) is 0 Å². The lowest BCUT2D eigenvalue weighted by atomic mass is 9.82. The molecule has 78 heavy (non-hydrogen) atoms. The van der Waals surface area contributed by atoms with Gasteiger partial charge in [0.25, 0.3) is 11.8 Å². The quantitative estimate of drug-likeness (QED) is 0.0720. The second kappa shape index (κ2) is 18.4.